The summed E-state index contributed by atoms with van der Waals surface area (Å²) in [5.74, 6) is 0.868. The van der Waals surface area contributed by atoms with E-state index in [4.69, 9.17) is 5.73 Å². The van der Waals surface area contributed by atoms with Crippen LogP contribution in [0.25, 0.3) is 0 Å². The topological polar surface area (TPSA) is 55.1 Å². The van der Waals surface area contributed by atoms with E-state index in [0.717, 1.165) is 32.1 Å². The Kier molecular flexibility index (Phi) is 2.52. The zero-order valence-electron chi connectivity index (χ0n) is 8.88. The van der Waals surface area contributed by atoms with Crippen LogP contribution in [0, 0.1) is 11.8 Å². The number of nitrogens with two attached hydrogens (primary N) is 1. The molecule has 2 saturated carbocycles. The van der Waals surface area contributed by atoms with E-state index in [2.05, 4.69) is 12.2 Å². The van der Waals surface area contributed by atoms with E-state index in [1.165, 1.54) is 0 Å². The summed E-state index contributed by atoms with van der Waals surface area (Å²) in [5, 5.41) is 3.14. The molecule has 2 atom stereocenters. The van der Waals surface area contributed by atoms with Crippen molar-refractivity contribution in [1.29, 1.82) is 0 Å². The third-order valence-electron chi connectivity index (χ3n) is 3.72. The quantitative estimate of drug-likeness (QED) is 0.708. The van der Waals surface area contributed by atoms with Crippen LogP contribution in [0.3, 0.4) is 0 Å². The van der Waals surface area contributed by atoms with E-state index in [-0.39, 0.29) is 17.4 Å². The van der Waals surface area contributed by atoms with Gasteiger partial charge in [0, 0.05) is 11.5 Å². The minimum Gasteiger partial charge on any atom is -0.351 e. The summed E-state index contributed by atoms with van der Waals surface area (Å²) in [5.41, 5.74) is 5.79. The van der Waals surface area contributed by atoms with E-state index in [1.54, 1.807) is 0 Å². The fraction of sp³-hybridized carbons (Fsp3) is 0.909. The van der Waals surface area contributed by atoms with Gasteiger partial charge in [0.15, 0.2) is 0 Å². The average molecular weight is 196 g/mol. The fourth-order valence-corrected chi connectivity index (χ4v) is 2.37. The van der Waals surface area contributed by atoms with Crippen LogP contribution in [0.1, 0.15) is 39.0 Å². The summed E-state index contributed by atoms with van der Waals surface area (Å²) in [7, 11) is 0. The largest absolute Gasteiger partial charge is 0.351 e. The molecule has 3 nitrogen and oxygen atoms in total. The lowest BCUT2D eigenvalue weighted by molar-refractivity contribution is -0.126. The van der Waals surface area contributed by atoms with Crippen LogP contribution in [0.15, 0.2) is 0 Å². The highest BCUT2D eigenvalue weighted by molar-refractivity contribution is 5.80. The minimum absolute atomic E-state index is 0.124. The van der Waals surface area contributed by atoms with Crippen molar-refractivity contribution in [3.63, 3.8) is 0 Å². The van der Waals surface area contributed by atoms with Gasteiger partial charge in [0.05, 0.1) is 0 Å². The van der Waals surface area contributed by atoms with Gasteiger partial charge in [0.1, 0.15) is 0 Å². The summed E-state index contributed by atoms with van der Waals surface area (Å²) in [4.78, 5) is 11.9. The molecule has 0 spiro atoms. The van der Waals surface area contributed by atoms with E-state index >= 15 is 0 Å². The molecule has 0 bridgehead atoms. The predicted molar refractivity (Wildman–Crippen MR) is 55.7 cm³/mol. The first-order valence-corrected chi connectivity index (χ1v) is 5.67. The number of amides is 1. The fourth-order valence-electron chi connectivity index (χ4n) is 2.37. The van der Waals surface area contributed by atoms with Crippen LogP contribution < -0.4 is 11.1 Å². The van der Waals surface area contributed by atoms with Crippen molar-refractivity contribution < 1.29 is 4.79 Å². The smallest absolute Gasteiger partial charge is 0.223 e. The second-order valence-corrected chi connectivity index (χ2v) is 5.08. The SMILES string of the molecule is CC1(NC(=O)C2CCCC2CN)CC1. The Bertz CT molecular complexity index is 235. The maximum Gasteiger partial charge on any atom is 0.223 e. The molecule has 0 heterocycles. The van der Waals surface area contributed by atoms with Crippen LogP contribution in [0.5, 0.6) is 0 Å². The van der Waals surface area contributed by atoms with Gasteiger partial charge in [-0.25, -0.2) is 0 Å². The van der Waals surface area contributed by atoms with Gasteiger partial charge < -0.3 is 11.1 Å². The molecule has 14 heavy (non-hydrogen) atoms. The zero-order chi connectivity index (χ0) is 10.2. The van der Waals surface area contributed by atoms with E-state index in [1.807, 2.05) is 0 Å². The molecule has 3 heteroatoms. The van der Waals surface area contributed by atoms with Crippen LogP contribution >= 0.6 is 0 Å². The second kappa shape index (κ2) is 3.54. The summed E-state index contributed by atoms with van der Waals surface area (Å²) >= 11 is 0. The van der Waals surface area contributed by atoms with Crippen molar-refractivity contribution >= 4 is 5.91 Å². The lowest BCUT2D eigenvalue weighted by Crippen LogP contribution is -2.41. The van der Waals surface area contributed by atoms with Crippen molar-refractivity contribution in [2.75, 3.05) is 6.54 Å². The molecule has 2 aliphatic carbocycles. The molecular weight excluding hydrogens is 176 g/mol. The van der Waals surface area contributed by atoms with E-state index < -0.39 is 0 Å². The number of hydrogen-bond donors (Lipinski definition) is 2. The third kappa shape index (κ3) is 1.92. The van der Waals surface area contributed by atoms with Gasteiger partial charge in [-0.05, 0) is 45.1 Å². The molecule has 3 N–H and O–H groups in total. The number of carbonyl (C=O) groups is 1. The molecule has 80 valence electrons. The third-order valence-corrected chi connectivity index (χ3v) is 3.72. The van der Waals surface area contributed by atoms with Gasteiger partial charge in [0.25, 0.3) is 0 Å². The number of nitrogens with one attached hydrogen (secondary N) is 1. The molecule has 1 amide bonds. The minimum atomic E-state index is 0.124. The lowest BCUT2D eigenvalue weighted by atomic mass is 9.95. The van der Waals surface area contributed by atoms with Gasteiger partial charge in [0.2, 0.25) is 5.91 Å². The molecule has 0 radical (unpaired) electrons. The van der Waals surface area contributed by atoms with Crippen LogP contribution in [-0.2, 0) is 4.79 Å². The molecule has 0 aromatic heterocycles. The first kappa shape index (κ1) is 9.97. The van der Waals surface area contributed by atoms with Crippen molar-refractivity contribution in [3.8, 4) is 0 Å². The van der Waals surface area contributed by atoms with Crippen molar-refractivity contribution in [2.45, 2.75) is 44.6 Å². The Hall–Kier alpha value is -0.570. The first-order valence-electron chi connectivity index (χ1n) is 5.67. The summed E-state index contributed by atoms with van der Waals surface area (Å²) in [6.45, 7) is 2.78. The van der Waals surface area contributed by atoms with Gasteiger partial charge in [-0.15, -0.1) is 0 Å². The highest BCUT2D eigenvalue weighted by Crippen LogP contribution is 2.37. The van der Waals surface area contributed by atoms with E-state index in [9.17, 15) is 4.79 Å². The molecule has 2 unspecified atom stereocenters. The highest BCUT2D eigenvalue weighted by Gasteiger charge is 2.41. The standard InChI is InChI=1S/C11H20N2O/c1-11(5-6-11)13-10(14)9-4-2-3-8(9)7-12/h8-9H,2-7,12H2,1H3,(H,13,14). The maximum absolute atomic E-state index is 11.9. The van der Waals surface area contributed by atoms with Gasteiger partial charge in [-0.1, -0.05) is 6.42 Å². The molecule has 0 aromatic carbocycles. The van der Waals surface area contributed by atoms with Crippen LogP contribution in [-0.4, -0.2) is 18.0 Å². The zero-order valence-corrected chi connectivity index (χ0v) is 8.88. The van der Waals surface area contributed by atoms with Gasteiger partial charge >= 0.3 is 0 Å². The average Bonchev–Trinajstić information content (AvgIpc) is 2.71. The van der Waals surface area contributed by atoms with Crippen molar-refractivity contribution in [3.05, 3.63) is 0 Å². The summed E-state index contributed by atoms with van der Waals surface area (Å²) < 4.78 is 0. The van der Waals surface area contributed by atoms with Crippen molar-refractivity contribution in [2.24, 2.45) is 17.6 Å². The normalized spacial score (nSPS) is 34.1. The molecule has 2 fully saturated rings. The van der Waals surface area contributed by atoms with Gasteiger partial charge in [-0.3, -0.25) is 4.79 Å². The maximum atomic E-state index is 11.9. The number of rotatable bonds is 3. The summed E-state index contributed by atoms with van der Waals surface area (Å²) in [6, 6.07) is 0. The predicted octanol–water partition coefficient (Wildman–Crippen LogP) is 1.03. The lowest BCUT2D eigenvalue weighted by Gasteiger charge is -2.20. The second-order valence-electron chi connectivity index (χ2n) is 5.08. The van der Waals surface area contributed by atoms with Crippen LogP contribution in [0.4, 0.5) is 0 Å². The van der Waals surface area contributed by atoms with Gasteiger partial charge in [-0.2, -0.15) is 0 Å². The molecule has 0 saturated heterocycles. The molecular formula is C11H20N2O. The Morgan fingerprint density at radius 2 is 2.21 bits per heavy atom. The Morgan fingerprint density at radius 1 is 1.50 bits per heavy atom. The molecule has 0 aromatic rings. The Balaban J connectivity index is 1.90. The molecule has 2 rings (SSSR count). The first-order chi connectivity index (χ1) is 6.64. The number of hydrogen-bond acceptors (Lipinski definition) is 2. The number of carbonyl (C=O) groups excluding carboxylic acids is 1. The van der Waals surface area contributed by atoms with E-state index in [0.29, 0.717) is 12.5 Å². The monoisotopic (exact) mass is 196 g/mol. The highest BCUT2D eigenvalue weighted by atomic mass is 16.2. The Morgan fingerprint density at radius 3 is 2.79 bits per heavy atom. The molecule has 2 aliphatic rings. The summed E-state index contributed by atoms with van der Waals surface area (Å²) in [6.07, 6.45) is 5.60. The van der Waals surface area contributed by atoms with Crippen LogP contribution in [0.2, 0.25) is 0 Å². The molecule has 0 aliphatic heterocycles. The van der Waals surface area contributed by atoms with Crippen molar-refractivity contribution in [1.82, 2.24) is 5.32 Å². The Labute approximate surface area is 85.4 Å².